The Labute approximate surface area is 108 Å². The van der Waals surface area contributed by atoms with Crippen LogP contribution < -0.4 is 5.32 Å². The van der Waals surface area contributed by atoms with Gasteiger partial charge in [-0.15, -0.1) is 0 Å². The molecule has 0 radical (unpaired) electrons. The molecule has 1 spiro atoms. The predicted molar refractivity (Wildman–Crippen MR) is 71.7 cm³/mol. The van der Waals surface area contributed by atoms with Crippen LogP contribution in [0.2, 0.25) is 0 Å². The van der Waals surface area contributed by atoms with Gasteiger partial charge in [0.15, 0.2) is 5.78 Å². The summed E-state index contributed by atoms with van der Waals surface area (Å²) in [6.45, 7) is 0. The maximum atomic E-state index is 12.3. The Kier molecular flexibility index (Phi) is 2.12. The highest BCUT2D eigenvalue weighted by Gasteiger charge is 2.57. The van der Waals surface area contributed by atoms with E-state index in [4.69, 9.17) is 0 Å². The summed E-state index contributed by atoms with van der Waals surface area (Å²) in [6.07, 6.45) is 6.99. The number of hydrogen-bond donors (Lipinski definition) is 1. The van der Waals surface area contributed by atoms with Crippen molar-refractivity contribution in [1.29, 1.82) is 0 Å². The lowest BCUT2D eigenvalue weighted by atomic mass is 9.55. The topological polar surface area (TPSA) is 29.1 Å². The molecule has 1 N–H and O–H groups in total. The number of fused-ring (bicyclic) bond motifs is 1. The standard InChI is InChI=1S/C16H19NO/c18-14-9-8-11-5-3-4-10-16(11)12-6-1-2-7-13(12)17-15(14)16/h1-2,6-7,11,15,17H,3-5,8-10H2/t11-,15-,16+/m0/s1. The molecule has 0 unspecified atom stereocenters. The number of nitrogens with one attached hydrogen (secondary N) is 1. The fourth-order valence-corrected chi connectivity index (χ4v) is 4.69. The van der Waals surface area contributed by atoms with Crippen molar-refractivity contribution in [2.45, 2.75) is 50.0 Å². The van der Waals surface area contributed by atoms with Gasteiger partial charge in [0.2, 0.25) is 0 Å². The molecule has 0 saturated heterocycles. The minimum Gasteiger partial charge on any atom is -0.374 e. The van der Waals surface area contributed by atoms with Crippen LogP contribution in [0.4, 0.5) is 5.69 Å². The minimum atomic E-state index is 0.0638. The van der Waals surface area contributed by atoms with E-state index in [2.05, 4.69) is 29.6 Å². The number of anilines is 1. The predicted octanol–water partition coefficient (Wildman–Crippen LogP) is 3.27. The molecule has 1 aromatic carbocycles. The normalized spacial score (nSPS) is 37.4. The van der Waals surface area contributed by atoms with Gasteiger partial charge in [0, 0.05) is 17.5 Å². The third kappa shape index (κ3) is 1.16. The largest absolute Gasteiger partial charge is 0.374 e. The lowest BCUT2D eigenvalue weighted by molar-refractivity contribution is -0.125. The Morgan fingerprint density at radius 2 is 2.06 bits per heavy atom. The number of carbonyl (C=O) groups excluding carboxylic acids is 1. The Balaban J connectivity index is 1.91. The molecule has 0 aromatic heterocycles. The number of hydrogen-bond acceptors (Lipinski definition) is 2. The summed E-state index contributed by atoms with van der Waals surface area (Å²) in [5, 5.41) is 3.53. The maximum absolute atomic E-state index is 12.3. The molecule has 0 bridgehead atoms. The second-order valence-corrected chi connectivity index (χ2v) is 6.11. The van der Waals surface area contributed by atoms with Crippen molar-refractivity contribution in [1.82, 2.24) is 0 Å². The average molecular weight is 241 g/mol. The lowest BCUT2D eigenvalue weighted by Crippen LogP contribution is -2.54. The van der Waals surface area contributed by atoms with E-state index in [1.165, 1.54) is 36.9 Å². The van der Waals surface area contributed by atoms with E-state index in [0.717, 1.165) is 12.8 Å². The van der Waals surface area contributed by atoms with Gasteiger partial charge in [0.25, 0.3) is 0 Å². The molecule has 2 heteroatoms. The SMILES string of the molecule is O=C1CC[C@@H]2CCCC[C@]23c2ccccc2N[C@@H]13. The molecule has 1 aromatic rings. The molecule has 0 amide bonds. The first kappa shape index (κ1) is 10.6. The van der Waals surface area contributed by atoms with Crippen LogP contribution in [0.25, 0.3) is 0 Å². The molecular formula is C16H19NO. The van der Waals surface area contributed by atoms with Crippen molar-refractivity contribution in [2.24, 2.45) is 5.92 Å². The lowest BCUT2D eigenvalue weighted by Gasteiger charge is -2.48. The van der Waals surface area contributed by atoms with Crippen molar-refractivity contribution < 1.29 is 4.79 Å². The highest BCUT2D eigenvalue weighted by molar-refractivity contribution is 5.93. The molecule has 3 aliphatic rings. The Hall–Kier alpha value is -1.31. The Bertz CT molecular complexity index is 510. The summed E-state index contributed by atoms with van der Waals surface area (Å²) >= 11 is 0. The van der Waals surface area contributed by atoms with Gasteiger partial charge < -0.3 is 5.32 Å². The molecular weight excluding hydrogens is 222 g/mol. The van der Waals surface area contributed by atoms with Gasteiger partial charge >= 0.3 is 0 Å². The molecule has 1 heterocycles. The zero-order valence-electron chi connectivity index (χ0n) is 10.6. The van der Waals surface area contributed by atoms with E-state index in [-0.39, 0.29) is 11.5 Å². The van der Waals surface area contributed by atoms with Gasteiger partial charge in [0.05, 0.1) is 6.04 Å². The molecule has 18 heavy (non-hydrogen) atoms. The van der Waals surface area contributed by atoms with Crippen molar-refractivity contribution in [3.8, 4) is 0 Å². The molecule has 2 aliphatic carbocycles. The van der Waals surface area contributed by atoms with Gasteiger partial charge in [-0.25, -0.2) is 0 Å². The maximum Gasteiger partial charge on any atom is 0.155 e. The zero-order valence-corrected chi connectivity index (χ0v) is 10.6. The number of benzene rings is 1. The summed E-state index contributed by atoms with van der Waals surface area (Å²) in [5.41, 5.74) is 2.77. The molecule has 4 rings (SSSR count). The average Bonchev–Trinajstić information content (AvgIpc) is 2.75. The molecule has 94 valence electrons. The minimum absolute atomic E-state index is 0.0638. The number of rotatable bonds is 0. The monoisotopic (exact) mass is 241 g/mol. The summed E-state index contributed by atoms with van der Waals surface area (Å²) in [6, 6.07) is 8.65. The van der Waals surface area contributed by atoms with Crippen LogP contribution in [0.5, 0.6) is 0 Å². The number of ketones is 1. The fraction of sp³-hybridized carbons (Fsp3) is 0.562. The molecule has 2 saturated carbocycles. The van der Waals surface area contributed by atoms with E-state index in [1.54, 1.807) is 0 Å². The van der Waals surface area contributed by atoms with Crippen LogP contribution in [0.15, 0.2) is 24.3 Å². The fourth-order valence-electron chi connectivity index (χ4n) is 4.69. The number of carbonyl (C=O) groups is 1. The molecule has 3 atom stereocenters. The van der Waals surface area contributed by atoms with E-state index in [9.17, 15) is 4.79 Å². The third-order valence-corrected chi connectivity index (χ3v) is 5.43. The van der Waals surface area contributed by atoms with Crippen LogP contribution >= 0.6 is 0 Å². The number of para-hydroxylation sites is 1. The highest BCUT2D eigenvalue weighted by atomic mass is 16.1. The molecule has 2 nitrogen and oxygen atoms in total. The summed E-state index contributed by atoms with van der Waals surface area (Å²) < 4.78 is 0. The van der Waals surface area contributed by atoms with Gasteiger partial charge in [-0.3, -0.25) is 4.79 Å². The summed E-state index contributed by atoms with van der Waals surface area (Å²) in [7, 11) is 0. The zero-order chi connectivity index (χ0) is 12.2. The van der Waals surface area contributed by atoms with E-state index in [1.807, 2.05) is 0 Å². The van der Waals surface area contributed by atoms with Crippen LogP contribution in [0, 0.1) is 5.92 Å². The van der Waals surface area contributed by atoms with Crippen LogP contribution in [0.3, 0.4) is 0 Å². The van der Waals surface area contributed by atoms with Gasteiger partial charge in [-0.1, -0.05) is 31.0 Å². The second kappa shape index (κ2) is 3.59. The smallest absolute Gasteiger partial charge is 0.155 e. The van der Waals surface area contributed by atoms with Gasteiger partial charge in [0.1, 0.15) is 0 Å². The van der Waals surface area contributed by atoms with Crippen molar-refractivity contribution in [3.05, 3.63) is 29.8 Å². The number of Topliss-reactive ketones (excluding diaryl/α,β-unsaturated/α-hetero) is 1. The Morgan fingerprint density at radius 3 is 3.00 bits per heavy atom. The van der Waals surface area contributed by atoms with Crippen molar-refractivity contribution in [3.63, 3.8) is 0 Å². The van der Waals surface area contributed by atoms with Crippen LogP contribution in [0.1, 0.15) is 44.1 Å². The molecule has 1 aliphatic heterocycles. The quantitative estimate of drug-likeness (QED) is 0.755. The first-order valence-electron chi connectivity index (χ1n) is 7.21. The summed E-state index contributed by atoms with van der Waals surface area (Å²) in [5.74, 6) is 1.15. The first-order chi connectivity index (χ1) is 8.82. The molecule has 2 fully saturated rings. The van der Waals surface area contributed by atoms with E-state index >= 15 is 0 Å². The summed E-state index contributed by atoms with van der Waals surface area (Å²) in [4.78, 5) is 12.3. The van der Waals surface area contributed by atoms with E-state index in [0.29, 0.717) is 11.7 Å². The van der Waals surface area contributed by atoms with E-state index < -0.39 is 0 Å². The first-order valence-corrected chi connectivity index (χ1v) is 7.21. The second-order valence-electron chi connectivity index (χ2n) is 6.11. The van der Waals surface area contributed by atoms with Crippen LogP contribution in [-0.4, -0.2) is 11.8 Å². The third-order valence-electron chi connectivity index (χ3n) is 5.43. The Morgan fingerprint density at radius 1 is 1.17 bits per heavy atom. The van der Waals surface area contributed by atoms with Crippen LogP contribution in [-0.2, 0) is 10.2 Å². The van der Waals surface area contributed by atoms with Gasteiger partial charge in [-0.05, 0) is 36.8 Å². The van der Waals surface area contributed by atoms with Crippen molar-refractivity contribution >= 4 is 11.5 Å². The van der Waals surface area contributed by atoms with Crippen molar-refractivity contribution in [2.75, 3.05) is 5.32 Å². The van der Waals surface area contributed by atoms with Gasteiger partial charge in [-0.2, -0.15) is 0 Å². The highest BCUT2D eigenvalue weighted by Crippen LogP contribution is 2.56.